The van der Waals surface area contributed by atoms with Crippen LogP contribution in [0.25, 0.3) is 0 Å². The molecule has 1 saturated heterocycles. The summed E-state index contributed by atoms with van der Waals surface area (Å²) in [4.78, 5) is 14.1. The van der Waals surface area contributed by atoms with Crippen molar-refractivity contribution in [2.45, 2.75) is 38.4 Å². The van der Waals surface area contributed by atoms with Gasteiger partial charge in [-0.25, -0.2) is 0 Å². The molecular formula is C12H25ClN2OS. The minimum Gasteiger partial charge on any atom is -0.340 e. The lowest BCUT2D eigenvalue weighted by Gasteiger charge is -2.23. The first-order chi connectivity index (χ1) is 7.75. The van der Waals surface area contributed by atoms with E-state index in [0.29, 0.717) is 5.91 Å². The standard InChI is InChI=1S/C12H24N2OS.ClH/c1-3-4-10-16-11(2)12(15)14-8-5-6-13-7-9-14;/h11,13H,3-10H2,1-2H3;1H. The molecule has 1 atom stereocenters. The predicted octanol–water partition coefficient (Wildman–Crippen LogP) is 2.15. The first-order valence-electron chi connectivity index (χ1n) is 6.36. The van der Waals surface area contributed by atoms with Crippen molar-refractivity contribution in [3.05, 3.63) is 0 Å². The fourth-order valence-corrected chi connectivity index (χ4v) is 2.90. The van der Waals surface area contributed by atoms with Crippen molar-refractivity contribution in [3.63, 3.8) is 0 Å². The fourth-order valence-electron chi connectivity index (χ4n) is 1.80. The van der Waals surface area contributed by atoms with Crippen molar-refractivity contribution >= 4 is 30.1 Å². The number of carbonyl (C=O) groups excluding carboxylic acids is 1. The van der Waals surface area contributed by atoms with E-state index in [1.807, 2.05) is 11.8 Å². The molecule has 1 aliphatic rings. The molecule has 0 bridgehead atoms. The molecule has 0 saturated carbocycles. The molecule has 1 heterocycles. The Hall–Kier alpha value is 0.0700. The van der Waals surface area contributed by atoms with E-state index in [9.17, 15) is 4.79 Å². The average molecular weight is 281 g/mol. The van der Waals surface area contributed by atoms with Crippen LogP contribution in [0.2, 0.25) is 0 Å². The first kappa shape index (κ1) is 17.1. The Labute approximate surface area is 115 Å². The number of rotatable bonds is 5. The molecule has 1 unspecified atom stereocenters. The average Bonchev–Trinajstić information content (AvgIpc) is 2.56. The molecule has 1 N–H and O–H groups in total. The van der Waals surface area contributed by atoms with Gasteiger partial charge >= 0.3 is 0 Å². The third-order valence-corrected chi connectivity index (χ3v) is 4.09. The molecule has 1 aliphatic heterocycles. The second-order valence-electron chi connectivity index (χ2n) is 4.30. The maximum Gasteiger partial charge on any atom is 0.235 e. The topological polar surface area (TPSA) is 32.3 Å². The van der Waals surface area contributed by atoms with Crippen LogP contribution < -0.4 is 5.32 Å². The number of nitrogens with zero attached hydrogens (tertiary/aromatic N) is 1. The van der Waals surface area contributed by atoms with Gasteiger partial charge in [0.2, 0.25) is 5.91 Å². The Morgan fingerprint density at radius 2 is 2.18 bits per heavy atom. The molecule has 0 aromatic heterocycles. The Morgan fingerprint density at radius 1 is 1.41 bits per heavy atom. The van der Waals surface area contributed by atoms with E-state index in [2.05, 4.69) is 12.2 Å². The van der Waals surface area contributed by atoms with E-state index in [1.54, 1.807) is 11.8 Å². The predicted molar refractivity (Wildman–Crippen MR) is 78.1 cm³/mol. The van der Waals surface area contributed by atoms with Crippen LogP contribution in [0, 0.1) is 0 Å². The Balaban J connectivity index is 0.00000256. The van der Waals surface area contributed by atoms with Crippen molar-refractivity contribution in [2.24, 2.45) is 0 Å². The number of hydrogen-bond acceptors (Lipinski definition) is 3. The molecular weight excluding hydrogens is 256 g/mol. The van der Waals surface area contributed by atoms with E-state index in [-0.39, 0.29) is 17.7 Å². The highest BCUT2D eigenvalue weighted by molar-refractivity contribution is 8.00. The summed E-state index contributed by atoms with van der Waals surface area (Å²) >= 11 is 1.80. The Kier molecular flexibility index (Phi) is 10.1. The second-order valence-corrected chi connectivity index (χ2v) is 5.74. The molecule has 1 amide bonds. The zero-order valence-electron chi connectivity index (χ0n) is 10.9. The summed E-state index contributed by atoms with van der Waals surface area (Å²) in [5, 5.41) is 3.45. The SMILES string of the molecule is CCCCSC(C)C(=O)N1CCCNCC1.Cl. The molecule has 0 radical (unpaired) electrons. The van der Waals surface area contributed by atoms with Gasteiger partial charge in [0, 0.05) is 19.6 Å². The van der Waals surface area contributed by atoms with Gasteiger partial charge in [0.25, 0.3) is 0 Å². The molecule has 1 fully saturated rings. The van der Waals surface area contributed by atoms with Crippen LogP contribution in [0.1, 0.15) is 33.1 Å². The van der Waals surface area contributed by atoms with Gasteiger partial charge in [-0.3, -0.25) is 4.79 Å². The molecule has 102 valence electrons. The number of hydrogen-bond donors (Lipinski definition) is 1. The number of thioether (sulfide) groups is 1. The van der Waals surface area contributed by atoms with Gasteiger partial charge < -0.3 is 10.2 Å². The molecule has 0 spiro atoms. The lowest BCUT2D eigenvalue weighted by atomic mass is 10.3. The minimum absolute atomic E-state index is 0. The highest BCUT2D eigenvalue weighted by atomic mass is 35.5. The lowest BCUT2D eigenvalue weighted by molar-refractivity contribution is -0.130. The summed E-state index contributed by atoms with van der Waals surface area (Å²) < 4.78 is 0. The van der Waals surface area contributed by atoms with E-state index in [0.717, 1.165) is 38.4 Å². The second kappa shape index (κ2) is 10.0. The van der Waals surface area contributed by atoms with Gasteiger partial charge in [-0.05, 0) is 32.1 Å². The van der Waals surface area contributed by atoms with Gasteiger partial charge in [-0.2, -0.15) is 0 Å². The molecule has 0 aromatic carbocycles. The van der Waals surface area contributed by atoms with E-state index < -0.39 is 0 Å². The number of halogens is 1. The highest BCUT2D eigenvalue weighted by Crippen LogP contribution is 2.15. The first-order valence-corrected chi connectivity index (χ1v) is 7.41. The van der Waals surface area contributed by atoms with Crippen molar-refractivity contribution < 1.29 is 4.79 Å². The van der Waals surface area contributed by atoms with Crippen LogP contribution in [-0.4, -0.2) is 48.0 Å². The Bertz CT molecular complexity index is 209. The van der Waals surface area contributed by atoms with Crippen LogP contribution in [0.15, 0.2) is 0 Å². The molecule has 1 rings (SSSR count). The molecule has 3 nitrogen and oxygen atoms in total. The summed E-state index contributed by atoms with van der Waals surface area (Å²) in [6.07, 6.45) is 3.50. The largest absolute Gasteiger partial charge is 0.340 e. The lowest BCUT2D eigenvalue weighted by Crippen LogP contribution is -2.39. The smallest absolute Gasteiger partial charge is 0.235 e. The maximum atomic E-state index is 12.1. The van der Waals surface area contributed by atoms with Crippen molar-refractivity contribution in [3.8, 4) is 0 Å². The van der Waals surface area contributed by atoms with E-state index >= 15 is 0 Å². The number of amides is 1. The normalized spacial score (nSPS) is 18.1. The zero-order valence-corrected chi connectivity index (χ0v) is 12.5. The zero-order chi connectivity index (χ0) is 11.8. The molecule has 0 aromatic rings. The highest BCUT2D eigenvalue weighted by Gasteiger charge is 2.21. The number of nitrogens with one attached hydrogen (secondary N) is 1. The van der Waals surface area contributed by atoms with Crippen LogP contribution in [-0.2, 0) is 4.79 Å². The number of unbranched alkanes of at least 4 members (excludes halogenated alkanes) is 1. The minimum atomic E-state index is 0. The summed E-state index contributed by atoms with van der Waals surface area (Å²) in [6, 6.07) is 0. The van der Waals surface area contributed by atoms with Crippen LogP contribution in [0.4, 0.5) is 0 Å². The van der Waals surface area contributed by atoms with E-state index in [1.165, 1.54) is 12.8 Å². The van der Waals surface area contributed by atoms with Gasteiger partial charge in [-0.15, -0.1) is 24.2 Å². The van der Waals surface area contributed by atoms with Gasteiger partial charge in [0.1, 0.15) is 0 Å². The maximum absolute atomic E-state index is 12.1. The van der Waals surface area contributed by atoms with Crippen molar-refractivity contribution in [2.75, 3.05) is 31.9 Å². The quantitative estimate of drug-likeness (QED) is 0.784. The summed E-state index contributed by atoms with van der Waals surface area (Å²) in [5.41, 5.74) is 0. The van der Waals surface area contributed by atoms with E-state index in [4.69, 9.17) is 0 Å². The van der Waals surface area contributed by atoms with Gasteiger partial charge in [0.15, 0.2) is 0 Å². The van der Waals surface area contributed by atoms with Crippen LogP contribution in [0.5, 0.6) is 0 Å². The van der Waals surface area contributed by atoms with Crippen LogP contribution >= 0.6 is 24.2 Å². The molecule has 0 aliphatic carbocycles. The number of carbonyl (C=O) groups is 1. The summed E-state index contributed by atoms with van der Waals surface area (Å²) in [7, 11) is 0. The van der Waals surface area contributed by atoms with Gasteiger partial charge in [-0.1, -0.05) is 13.3 Å². The third-order valence-electron chi connectivity index (χ3n) is 2.87. The van der Waals surface area contributed by atoms with Crippen molar-refractivity contribution in [1.29, 1.82) is 0 Å². The molecule has 5 heteroatoms. The summed E-state index contributed by atoms with van der Waals surface area (Å²) in [6.45, 7) is 8.01. The monoisotopic (exact) mass is 280 g/mol. The van der Waals surface area contributed by atoms with Crippen molar-refractivity contribution in [1.82, 2.24) is 10.2 Å². The summed E-state index contributed by atoms with van der Waals surface area (Å²) in [5.74, 6) is 1.43. The molecule has 17 heavy (non-hydrogen) atoms. The third kappa shape index (κ3) is 6.53. The van der Waals surface area contributed by atoms with Gasteiger partial charge in [0.05, 0.1) is 5.25 Å². The fraction of sp³-hybridized carbons (Fsp3) is 0.917. The Morgan fingerprint density at radius 3 is 2.88 bits per heavy atom. The van der Waals surface area contributed by atoms with Crippen LogP contribution in [0.3, 0.4) is 0 Å².